The van der Waals surface area contributed by atoms with Gasteiger partial charge in [0.15, 0.2) is 0 Å². The van der Waals surface area contributed by atoms with Crippen LogP contribution in [0.4, 0.5) is 0 Å². The fourth-order valence-corrected chi connectivity index (χ4v) is 2.64. The molecule has 74 valence electrons. The van der Waals surface area contributed by atoms with Crippen molar-refractivity contribution in [3.63, 3.8) is 0 Å². The molecule has 13 heavy (non-hydrogen) atoms. The zero-order valence-electron chi connectivity index (χ0n) is 7.78. The molecule has 0 aliphatic heterocycles. The van der Waals surface area contributed by atoms with Crippen LogP contribution in [0, 0.1) is 17.8 Å². The first-order valence-electron chi connectivity index (χ1n) is 5.14. The highest BCUT2D eigenvalue weighted by atomic mass is 16.4. The van der Waals surface area contributed by atoms with Crippen LogP contribution in [0.15, 0.2) is 0 Å². The summed E-state index contributed by atoms with van der Waals surface area (Å²) in [4.78, 5) is 10.5. The Hall–Kier alpha value is -0.570. The molecule has 0 heterocycles. The summed E-state index contributed by atoms with van der Waals surface area (Å²) in [6.07, 6.45) is 5.12. The summed E-state index contributed by atoms with van der Waals surface area (Å²) in [5, 5.41) is 8.61. The van der Waals surface area contributed by atoms with Gasteiger partial charge in [-0.1, -0.05) is 0 Å². The van der Waals surface area contributed by atoms with Crippen LogP contribution in [0.2, 0.25) is 0 Å². The molecule has 2 rings (SSSR count). The van der Waals surface area contributed by atoms with Gasteiger partial charge in [0.25, 0.3) is 0 Å². The highest BCUT2D eigenvalue weighted by Gasteiger charge is 2.43. The van der Waals surface area contributed by atoms with E-state index in [2.05, 4.69) is 0 Å². The summed E-state index contributed by atoms with van der Waals surface area (Å²) in [7, 11) is 0. The van der Waals surface area contributed by atoms with Crippen molar-refractivity contribution in [3.8, 4) is 0 Å². The Bertz CT molecular complexity index is 217. The predicted octanol–water partition coefficient (Wildman–Crippen LogP) is 1.22. The minimum atomic E-state index is -0.759. The van der Waals surface area contributed by atoms with Crippen LogP contribution in [-0.4, -0.2) is 17.1 Å². The molecule has 2 aliphatic carbocycles. The maximum Gasteiger partial charge on any atom is 0.304 e. The maximum absolute atomic E-state index is 10.5. The van der Waals surface area contributed by atoms with Crippen LogP contribution in [-0.2, 0) is 4.79 Å². The maximum atomic E-state index is 10.5. The number of hydrogen-bond acceptors (Lipinski definition) is 2. The van der Waals surface area contributed by atoms with Gasteiger partial charge in [-0.05, 0) is 43.4 Å². The van der Waals surface area contributed by atoms with Crippen LogP contribution >= 0.6 is 0 Å². The minimum Gasteiger partial charge on any atom is -0.481 e. The van der Waals surface area contributed by atoms with Gasteiger partial charge >= 0.3 is 5.97 Å². The largest absolute Gasteiger partial charge is 0.481 e. The molecule has 3 N–H and O–H groups in total. The Kier molecular flexibility index (Phi) is 2.28. The van der Waals surface area contributed by atoms with Gasteiger partial charge in [-0.15, -0.1) is 0 Å². The fourth-order valence-electron chi connectivity index (χ4n) is 2.64. The van der Waals surface area contributed by atoms with E-state index in [0.717, 1.165) is 18.3 Å². The van der Waals surface area contributed by atoms with Crippen LogP contribution in [0.1, 0.15) is 32.1 Å². The molecular formula is C10H17NO2. The van der Waals surface area contributed by atoms with Crippen molar-refractivity contribution in [2.75, 3.05) is 0 Å². The van der Waals surface area contributed by atoms with E-state index < -0.39 is 5.97 Å². The lowest BCUT2D eigenvalue weighted by atomic mass is 9.83. The molecule has 0 saturated heterocycles. The Morgan fingerprint density at radius 3 is 2.77 bits per heavy atom. The SMILES string of the molecule is NC(CC(=O)O)C1CCC2CC2C1. The van der Waals surface area contributed by atoms with Crippen molar-refractivity contribution in [2.45, 2.75) is 38.1 Å². The third-order valence-electron chi connectivity index (χ3n) is 3.60. The fraction of sp³-hybridized carbons (Fsp3) is 0.900. The highest BCUT2D eigenvalue weighted by molar-refractivity contribution is 5.67. The van der Waals surface area contributed by atoms with Gasteiger partial charge in [0.2, 0.25) is 0 Å². The van der Waals surface area contributed by atoms with E-state index in [-0.39, 0.29) is 12.5 Å². The van der Waals surface area contributed by atoms with Crippen molar-refractivity contribution in [3.05, 3.63) is 0 Å². The topological polar surface area (TPSA) is 63.3 Å². The zero-order valence-corrected chi connectivity index (χ0v) is 7.78. The molecule has 0 spiro atoms. The number of rotatable bonds is 3. The zero-order chi connectivity index (χ0) is 9.42. The Balaban J connectivity index is 1.81. The summed E-state index contributed by atoms with van der Waals surface area (Å²) in [6, 6.07) is -0.112. The molecule has 4 unspecified atom stereocenters. The second kappa shape index (κ2) is 3.29. The molecule has 0 aromatic heterocycles. The summed E-state index contributed by atoms with van der Waals surface area (Å²) < 4.78 is 0. The number of hydrogen-bond donors (Lipinski definition) is 2. The van der Waals surface area contributed by atoms with Crippen molar-refractivity contribution in [2.24, 2.45) is 23.5 Å². The van der Waals surface area contributed by atoms with Gasteiger partial charge in [-0.3, -0.25) is 4.79 Å². The van der Waals surface area contributed by atoms with E-state index in [1.165, 1.54) is 19.3 Å². The number of nitrogens with two attached hydrogens (primary N) is 1. The summed E-state index contributed by atoms with van der Waals surface area (Å²) in [5.74, 6) is 1.57. The van der Waals surface area contributed by atoms with Gasteiger partial charge in [0, 0.05) is 6.04 Å². The average molecular weight is 183 g/mol. The van der Waals surface area contributed by atoms with Crippen LogP contribution < -0.4 is 5.73 Å². The van der Waals surface area contributed by atoms with Gasteiger partial charge in [0.1, 0.15) is 0 Å². The quantitative estimate of drug-likeness (QED) is 0.691. The second-order valence-electron chi connectivity index (χ2n) is 4.59. The molecule has 0 amide bonds. The van der Waals surface area contributed by atoms with Gasteiger partial charge < -0.3 is 10.8 Å². The third kappa shape index (κ3) is 2.02. The predicted molar refractivity (Wildman–Crippen MR) is 49.2 cm³/mol. The first kappa shape index (κ1) is 9.00. The molecule has 0 radical (unpaired) electrons. The number of aliphatic carboxylic acids is 1. The van der Waals surface area contributed by atoms with Crippen LogP contribution in [0.3, 0.4) is 0 Å². The Labute approximate surface area is 78.3 Å². The van der Waals surface area contributed by atoms with Gasteiger partial charge in [0.05, 0.1) is 6.42 Å². The van der Waals surface area contributed by atoms with Gasteiger partial charge in [-0.2, -0.15) is 0 Å². The van der Waals surface area contributed by atoms with Crippen LogP contribution in [0.25, 0.3) is 0 Å². The lowest BCUT2D eigenvalue weighted by molar-refractivity contribution is -0.137. The molecule has 3 nitrogen and oxygen atoms in total. The molecule has 0 bridgehead atoms. The lowest BCUT2D eigenvalue weighted by Gasteiger charge is -2.25. The van der Waals surface area contributed by atoms with Crippen LogP contribution in [0.5, 0.6) is 0 Å². The highest BCUT2D eigenvalue weighted by Crippen LogP contribution is 2.51. The monoisotopic (exact) mass is 183 g/mol. The van der Waals surface area contributed by atoms with E-state index in [9.17, 15) is 4.79 Å². The van der Waals surface area contributed by atoms with E-state index in [1.807, 2.05) is 0 Å². The number of carboxylic acids is 1. The molecule has 4 atom stereocenters. The van der Waals surface area contributed by atoms with Crippen molar-refractivity contribution in [1.82, 2.24) is 0 Å². The normalized spacial score (nSPS) is 39.3. The Morgan fingerprint density at radius 2 is 2.15 bits per heavy atom. The molecule has 0 aromatic rings. The van der Waals surface area contributed by atoms with E-state index in [0.29, 0.717) is 5.92 Å². The van der Waals surface area contributed by atoms with Crippen molar-refractivity contribution >= 4 is 5.97 Å². The standard InChI is InChI=1S/C10H17NO2/c11-9(5-10(12)13)7-2-1-6-3-8(6)4-7/h6-9H,1-5,11H2,(H,12,13). The molecular weight excluding hydrogens is 166 g/mol. The van der Waals surface area contributed by atoms with E-state index in [1.54, 1.807) is 0 Å². The average Bonchev–Trinajstić information content (AvgIpc) is 2.79. The molecule has 2 fully saturated rings. The smallest absolute Gasteiger partial charge is 0.304 e. The van der Waals surface area contributed by atoms with Crippen molar-refractivity contribution < 1.29 is 9.90 Å². The first-order valence-corrected chi connectivity index (χ1v) is 5.14. The second-order valence-corrected chi connectivity index (χ2v) is 4.59. The number of carbonyl (C=O) groups is 1. The summed E-state index contributed by atoms with van der Waals surface area (Å²) >= 11 is 0. The molecule has 0 aromatic carbocycles. The summed E-state index contributed by atoms with van der Waals surface area (Å²) in [6.45, 7) is 0. The van der Waals surface area contributed by atoms with E-state index in [4.69, 9.17) is 10.8 Å². The van der Waals surface area contributed by atoms with Crippen molar-refractivity contribution in [1.29, 1.82) is 0 Å². The first-order chi connectivity index (χ1) is 6.16. The third-order valence-corrected chi connectivity index (χ3v) is 3.60. The van der Waals surface area contributed by atoms with E-state index >= 15 is 0 Å². The number of carboxylic acid groups (broad SMARTS) is 1. The molecule has 2 saturated carbocycles. The minimum absolute atomic E-state index is 0.112. The number of fused-ring (bicyclic) bond motifs is 1. The Morgan fingerprint density at radius 1 is 1.38 bits per heavy atom. The van der Waals surface area contributed by atoms with Gasteiger partial charge in [-0.25, -0.2) is 0 Å². The summed E-state index contributed by atoms with van der Waals surface area (Å²) in [5.41, 5.74) is 5.85. The lowest BCUT2D eigenvalue weighted by Crippen LogP contribution is -2.34. The molecule has 2 aliphatic rings. The molecule has 3 heteroatoms.